The van der Waals surface area contributed by atoms with E-state index in [4.69, 9.17) is 9.15 Å². The standard InChI is InChI=1S/C18H25NO2/c1-5-19-11-18-14(4)10-17(21-18)12-20-16-8-6-15(7-9-16)13(2)3/h6-10,13,19H,5,11-12H2,1-4H3. The zero-order valence-electron chi connectivity index (χ0n) is 13.4. The molecule has 0 aliphatic heterocycles. The first-order chi connectivity index (χ1) is 10.1. The fourth-order valence-electron chi connectivity index (χ4n) is 2.18. The maximum atomic E-state index is 5.81. The van der Waals surface area contributed by atoms with Gasteiger partial charge in [-0.15, -0.1) is 0 Å². The van der Waals surface area contributed by atoms with Gasteiger partial charge < -0.3 is 14.5 Å². The number of nitrogens with one attached hydrogen (secondary N) is 1. The summed E-state index contributed by atoms with van der Waals surface area (Å²) in [5, 5.41) is 3.27. The Balaban J connectivity index is 1.93. The van der Waals surface area contributed by atoms with Crippen LogP contribution in [0.4, 0.5) is 0 Å². The number of hydrogen-bond acceptors (Lipinski definition) is 3. The van der Waals surface area contributed by atoms with Crippen molar-refractivity contribution in [1.29, 1.82) is 0 Å². The monoisotopic (exact) mass is 287 g/mol. The van der Waals surface area contributed by atoms with Crippen molar-refractivity contribution in [3.8, 4) is 5.75 Å². The number of hydrogen-bond donors (Lipinski definition) is 1. The molecule has 2 rings (SSSR count). The second kappa shape index (κ2) is 7.32. The van der Waals surface area contributed by atoms with Crippen LogP contribution in [-0.2, 0) is 13.2 Å². The topological polar surface area (TPSA) is 34.4 Å². The largest absolute Gasteiger partial charge is 0.486 e. The highest BCUT2D eigenvalue weighted by molar-refractivity contribution is 5.29. The van der Waals surface area contributed by atoms with Gasteiger partial charge in [-0.05, 0) is 48.7 Å². The van der Waals surface area contributed by atoms with Crippen LogP contribution in [0.25, 0.3) is 0 Å². The predicted molar refractivity (Wildman–Crippen MR) is 85.7 cm³/mol. The van der Waals surface area contributed by atoms with Crippen LogP contribution >= 0.6 is 0 Å². The fraction of sp³-hybridized carbons (Fsp3) is 0.444. The highest BCUT2D eigenvalue weighted by Gasteiger charge is 2.08. The van der Waals surface area contributed by atoms with Crippen LogP contribution in [0.5, 0.6) is 5.75 Å². The quantitative estimate of drug-likeness (QED) is 0.819. The summed E-state index contributed by atoms with van der Waals surface area (Å²) in [4.78, 5) is 0. The Hall–Kier alpha value is -1.74. The lowest BCUT2D eigenvalue weighted by Crippen LogP contribution is -2.11. The van der Waals surface area contributed by atoms with E-state index in [9.17, 15) is 0 Å². The van der Waals surface area contributed by atoms with Gasteiger partial charge >= 0.3 is 0 Å². The van der Waals surface area contributed by atoms with E-state index in [1.165, 1.54) is 11.1 Å². The van der Waals surface area contributed by atoms with Crippen molar-refractivity contribution in [2.75, 3.05) is 6.54 Å². The molecule has 0 bridgehead atoms. The average molecular weight is 287 g/mol. The van der Waals surface area contributed by atoms with Gasteiger partial charge in [0.15, 0.2) is 0 Å². The van der Waals surface area contributed by atoms with Gasteiger partial charge in [-0.2, -0.15) is 0 Å². The Morgan fingerprint density at radius 3 is 2.52 bits per heavy atom. The summed E-state index contributed by atoms with van der Waals surface area (Å²) < 4.78 is 11.6. The molecule has 21 heavy (non-hydrogen) atoms. The maximum Gasteiger partial charge on any atom is 0.146 e. The van der Waals surface area contributed by atoms with E-state index >= 15 is 0 Å². The molecule has 0 atom stereocenters. The zero-order chi connectivity index (χ0) is 15.2. The third-order valence-electron chi connectivity index (χ3n) is 3.54. The molecule has 0 amide bonds. The molecule has 0 radical (unpaired) electrons. The minimum Gasteiger partial charge on any atom is -0.486 e. The smallest absolute Gasteiger partial charge is 0.146 e. The number of furan rings is 1. The van der Waals surface area contributed by atoms with E-state index in [0.717, 1.165) is 30.4 Å². The molecule has 1 N–H and O–H groups in total. The highest BCUT2D eigenvalue weighted by atomic mass is 16.5. The lowest BCUT2D eigenvalue weighted by Gasteiger charge is -2.08. The molecule has 0 aliphatic rings. The van der Waals surface area contributed by atoms with Crippen molar-refractivity contribution in [1.82, 2.24) is 5.32 Å². The molecule has 114 valence electrons. The van der Waals surface area contributed by atoms with Crippen LogP contribution in [-0.4, -0.2) is 6.54 Å². The third kappa shape index (κ3) is 4.36. The van der Waals surface area contributed by atoms with Crippen LogP contribution in [0.2, 0.25) is 0 Å². The summed E-state index contributed by atoms with van der Waals surface area (Å²) in [5.74, 6) is 3.28. The summed E-state index contributed by atoms with van der Waals surface area (Å²) in [6.45, 7) is 10.7. The molecule has 0 spiro atoms. The maximum absolute atomic E-state index is 5.81. The normalized spacial score (nSPS) is 11.1. The van der Waals surface area contributed by atoms with Crippen molar-refractivity contribution >= 4 is 0 Å². The third-order valence-corrected chi connectivity index (χ3v) is 3.54. The average Bonchev–Trinajstić information content (AvgIpc) is 2.83. The van der Waals surface area contributed by atoms with Crippen molar-refractivity contribution in [2.24, 2.45) is 0 Å². The van der Waals surface area contributed by atoms with Crippen molar-refractivity contribution in [3.05, 3.63) is 53.0 Å². The summed E-state index contributed by atoms with van der Waals surface area (Å²) in [7, 11) is 0. The molecule has 3 nitrogen and oxygen atoms in total. The summed E-state index contributed by atoms with van der Waals surface area (Å²) in [5.41, 5.74) is 2.49. The van der Waals surface area contributed by atoms with E-state index in [1.807, 2.05) is 12.1 Å². The number of ether oxygens (including phenoxy) is 1. The van der Waals surface area contributed by atoms with E-state index in [0.29, 0.717) is 12.5 Å². The number of benzene rings is 1. The van der Waals surface area contributed by atoms with E-state index in [2.05, 4.69) is 51.2 Å². The number of rotatable bonds is 7. The Morgan fingerprint density at radius 1 is 1.19 bits per heavy atom. The van der Waals surface area contributed by atoms with Crippen LogP contribution in [0.1, 0.15) is 49.3 Å². The van der Waals surface area contributed by atoms with Gasteiger partial charge in [0.2, 0.25) is 0 Å². The Morgan fingerprint density at radius 2 is 1.90 bits per heavy atom. The summed E-state index contributed by atoms with van der Waals surface area (Å²) in [6.07, 6.45) is 0. The summed E-state index contributed by atoms with van der Waals surface area (Å²) in [6, 6.07) is 10.3. The second-order valence-corrected chi connectivity index (χ2v) is 5.61. The summed E-state index contributed by atoms with van der Waals surface area (Å²) >= 11 is 0. The number of aryl methyl sites for hydroxylation is 1. The van der Waals surface area contributed by atoms with Crippen molar-refractivity contribution in [3.63, 3.8) is 0 Å². The fourth-order valence-corrected chi connectivity index (χ4v) is 2.18. The first-order valence-electron chi connectivity index (χ1n) is 7.61. The molecular weight excluding hydrogens is 262 g/mol. The van der Waals surface area contributed by atoms with Gasteiger partial charge in [-0.1, -0.05) is 32.9 Å². The minimum atomic E-state index is 0.466. The molecule has 3 heteroatoms. The van der Waals surface area contributed by atoms with Gasteiger partial charge in [0.25, 0.3) is 0 Å². The Kier molecular flexibility index (Phi) is 5.45. The molecule has 0 saturated heterocycles. The molecule has 0 aliphatic carbocycles. The van der Waals surface area contributed by atoms with Crippen molar-refractivity contribution < 1.29 is 9.15 Å². The lowest BCUT2D eigenvalue weighted by atomic mass is 10.0. The van der Waals surface area contributed by atoms with Gasteiger partial charge in [0, 0.05) is 0 Å². The Labute approximate surface area is 127 Å². The van der Waals surface area contributed by atoms with E-state index in [1.54, 1.807) is 0 Å². The minimum absolute atomic E-state index is 0.466. The van der Waals surface area contributed by atoms with Crippen LogP contribution < -0.4 is 10.1 Å². The molecule has 1 aromatic heterocycles. The highest BCUT2D eigenvalue weighted by Crippen LogP contribution is 2.21. The van der Waals surface area contributed by atoms with Gasteiger partial charge in [0.05, 0.1) is 6.54 Å². The van der Waals surface area contributed by atoms with Crippen LogP contribution in [0.3, 0.4) is 0 Å². The molecule has 1 heterocycles. The Bertz CT molecular complexity index is 555. The van der Waals surface area contributed by atoms with E-state index in [-0.39, 0.29) is 0 Å². The SMILES string of the molecule is CCNCc1oc(COc2ccc(C(C)C)cc2)cc1C. The van der Waals surface area contributed by atoms with Crippen LogP contribution in [0, 0.1) is 6.92 Å². The van der Waals surface area contributed by atoms with Gasteiger partial charge in [-0.3, -0.25) is 0 Å². The first-order valence-corrected chi connectivity index (χ1v) is 7.61. The molecular formula is C18H25NO2. The first kappa shape index (κ1) is 15.6. The molecule has 2 aromatic rings. The zero-order valence-corrected chi connectivity index (χ0v) is 13.4. The molecule has 1 aromatic carbocycles. The molecule has 0 saturated carbocycles. The molecule has 0 unspecified atom stereocenters. The lowest BCUT2D eigenvalue weighted by molar-refractivity contribution is 0.265. The van der Waals surface area contributed by atoms with Gasteiger partial charge in [0.1, 0.15) is 23.9 Å². The molecule has 0 fully saturated rings. The van der Waals surface area contributed by atoms with Gasteiger partial charge in [-0.25, -0.2) is 0 Å². The van der Waals surface area contributed by atoms with E-state index < -0.39 is 0 Å². The predicted octanol–water partition coefficient (Wildman–Crippen LogP) is 4.40. The van der Waals surface area contributed by atoms with Crippen molar-refractivity contribution in [2.45, 2.75) is 46.8 Å². The van der Waals surface area contributed by atoms with Crippen LogP contribution in [0.15, 0.2) is 34.7 Å². The second-order valence-electron chi connectivity index (χ2n) is 5.61.